The van der Waals surface area contributed by atoms with Crippen molar-refractivity contribution in [1.29, 1.82) is 0 Å². The fourth-order valence-corrected chi connectivity index (χ4v) is 9.74. The van der Waals surface area contributed by atoms with Gasteiger partial charge in [-0.1, -0.05) is 301 Å². The highest BCUT2D eigenvalue weighted by molar-refractivity contribution is 5.76. The predicted octanol–water partition coefficient (Wildman–Crippen LogP) is 19.4. The Morgan fingerprint density at radius 1 is 0.406 bits per heavy atom. The Kier molecular flexibility index (Phi) is 57.5. The van der Waals surface area contributed by atoms with Crippen LogP contribution >= 0.6 is 0 Å². The maximum absolute atomic E-state index is 12.5. The number of nitrogens with one attached hydrogen (secondary N) is 1. The standard InChI is InChI=1S/C63H121NO5/c1-3-5-7-9-11-13-15-17-18-19-20-21-22-23-24-25-26-27-28-32-35-39-43-47-51-55-61(66)60(59-65)64-62(67)56-52-48-44-40-36-33-29-30-34-38-42-46-50-54-58-69-63(68)57-53-49-45-41-37-31-16-14-12-10-8-6-4-2/h8,10,14,16,60-61,65-66H,3-7,9,11-13,15,17-59H2,1-2H3,(H,64,67)/b10-8-,16-14-. The molecule has 408 valence electrons. The van der Waals surface area contributed by atoms with Crippen LogP contribution in [-0.4, -0.2) is 47.4 Å². The normalized spacial score (nSPS) is 12.7. The minimum absolute atomic E-state index is 0.0165. The van der Waals surface area contributed by atoms with Gasteiger partial charge in [-0.15, -0.1) is 0 Å². The number of hydrogen-bond acceptors (Lipinski definition) is 5. The number of aliphatic hydroxyl groups is 2. The first kappa shape index (κ1) is 67.3. The number of allylic oxidation sites excluding steroid dienone is 4. The average molecular weight is 973 g/mol. The number of carbonyl (C=O) groups excluding carboxylic acids is 2. The maximum Gasteiger partial charge on any atom is 0.305 e. The summed E-state index contributed by atoms with van der Waals surface area (Å²) in [5, 5.41) is 23.4. The van der Waals surface area contributed by atoms with Gasteiger partial charge in [-0.05, 0) is 51.4 Å². The van der Waals surface area contributed by atoms with E-state index in [4.69, 9.17) is 4.74 Å². The van der Waals surface area contributed by atoms with Crippen LogP contribution in [0.4, 0.5) is 0 Å². The molecule has 6 nitrogen and oxygen atoms in total. The van der Waals surface area contributed by atoms with Gasteiger partial charge in [-0.25, -0.2) is 0 Å². The summed E-state index contributed by atoms with van der Waals surface area (Å²) < 4.78 is 5.46. The minimum atomic E-state index is -0.673. The Hall–Kier alpha value is -1.66. The van der Waals surface area contributed by atoms with Crippen molar-refractivity contribution in [1.82, 2.24) is 5.32 Å². The lowest BCUT2D eigenvalue weighted by Gasteiger charge is -2.22. The largest absolute Gasteiger partial charge is 0.466 e. The lowest BCUT2D eigenvalue weighted by molar-refractivity contribution is -0.143. The second-order valence-corrected chi connectivity index (χ2v) is 21.4. The first-order valence-corrected chi connectivity index (χ1v) is 31.1. The summed E-state index contributed by atoms with van der Waals surface area (Å²) in [5.41, 5.74) is 0. The Labute approximate surface area is 431 Å². The number of unbranched alkanes of at least 4 members (excludes halogenated alkanes) is 43. The number of esters is 1. The molecule has 69 heavy (non-hydrogen) atoms. The van der Waals surface area contributed by atoms with Crippen LogP contribution in [-0.2, 0) is 14.3 Å². The molecular formula is C63H121NO5. The zero-order valence-corrected chi connectivity index (χ0v) is 46.6. The Morgan fingerprint density at radius 3 is 1.16 bits per heavy atom. The quantitative estimate of drug-likeness (QED) is 0.0321. The third kappa shape index (κ3) is 55.5. The van der Waals surface area contributed by atoms with E-state index in [-0.39, 0.29) is 18.5 Å². The summed E-state index contributed by atoms with van der Waals surface area (Å²) in [5.74, 6) is -0.0590. The molecule has 0 rings (SSSR count). The minimum Gasteiger partial charge on any atom is -0.466 e. The van der Waals surface area contributed by atoms with Crippen LogP contribution in [0, 0.1) is 0 Å². The van der Waals surface area contributed by atoms with E-state index in [1.807, 2.05) is 0 Å². The van der Waals surface area contributed by atoms with Crippen molar-refractivity contribution in [3.63, 3.8) is 0 Å². The van der Waals surface area contributed by atoms with Crippen LogP contribution in [0.15, 0.2) is 24.3 Å². The van der Waals surface area contributed by atoms with Crippen LogP contribution in [0.5, 0.6) is 0 Å². The van der Waals surface area contributed by atoms with E-state index in [2.05, 4.69) is 43.5 Å². The van der Waals surface area contributed by atoms with E-state index < -0.39 is 12.1 Å². The van der Waals surface area contributed by atoms with Crippen molar-refractivity contribution in [3.8, 4) is 0 Å². The zero-order valence-electron chi connectivity index (χ0n) is 46.6. The fourth-order valence-electron chi connectivity index (χ4n) is 9.74. The van der Waals surface area contributed by atoms with Crippen LogP contribution in [0.2, 0.25) is 0 Å². The number of hydrogen-bond donors (Lipinski definition) is 3. The van der Waals surface area contributed by atoms with Crippen molar-refractivity contribution in [2.24, 2.45) is 0 Å². The van der Waals surface area contributed by atoms with Gasteiger partial charge in [0.15, 0.2) is 0 Å². The molecular weight excluding hydrogens is 851 g/mol. The first-order chi connectivity index (χ1) is 34.0. The SMILES string of the molecule is CCC/C=C\C/C=C\CCCCCCCC(=O)OCCCCCCCCCCCCCCCCC(=O)NC(CO)C(O)CCCCCCCCCCCCCCCCCCCCCCCCCCC. The molecule has 0 aliphatic rings. The van der Waals surface area contributed by atoms with E-state index in [1.54, 1.807) is 0 Å². The number of amides is 1. The van der Waals surface area contributed by atoms with E-state index in [0.29, 0.717) is 25.9 Å². The van der Waals surface area contributed by atoms with Gasteiger partial charge in [0, 0.05) is 12.8 Å². The summed E-state index contributed by atoms with van der Waals surface area (Å²) in [4.78, 5) is 24.6. The Balaban J connectivity index is 3.43. The highest BCUT2D eigenvalue weighted by Crippen LogP contribution is 2.18. The van der Waals surface area contributed by atoms with E-state index >= 15 is 0 Å². The van der Waals surface area contributed by atoms with E-state index in [1.165, 1.54) is 250 Å². The third-order valence-corrected chi connectivity index (χ3v) is 14.5. The number of carbonyl (C=O) groups is 2. The van der Waals surface area contributed by atoms with E-state index in [9.17, 15) is 19.8 Å². The third-order valence-electron chi connectivity index (χ3n) is 14.5. The van der Waals surface area contributed by atoms with Crippen molar-refractivity contribution < 1.29 is 24.5 Å². The van der Waals surface area contributed by atoms with Gasteiger partial charge in [0.2, 0.25) is 5.91 Å². The molecule has 2 atom stereocenters. The lowest BCUT2D eigenvalue weighted by atomic mass is 10.0. The summed E-state index contributed by atoms with van der Waals surface area (Å²) in [6, 6.07) is -0.551. The van der Waals surface area contributed by atoms with Crippen molar-refractivity contribution in [3.05, 3.63) is 24.3 Å². The molecule has 0 aliphatic heterocycles. The van der Waals surface area contributed by atoms with Gasteiger partial charge in [-0.3, -0.25) is 9.59 Å². The van der Waals surface area contributed by atoms with Crippen LogP contribution in [0.1, 0.15) is 341 Å². The average Bonchev–Trinajstić information content (AvgIpc) is 3.35. The molecule has 0 fully saturated rings. The van der Waals surface area contributed by atoms with Crippen LogP contribution in [0.25, 0.3) is 0 Å². The summed E-state index contributed by atoms with van der Waals surface area (Å²) in [6.45, 7) is 4.89. The first-order valence-electron chi connectivity index (χ1n) is 31.1. The Bertz CT molecular complexity index is 1080. The number of ether oxygens (including phenoxy) is 1. The maximum atomic E-state index is 12.5. The lowest BCUT2D eigenvalue weighted by Crippen LogP contribution is -2.45. The summed E-state index contributed by atoms with van der Waals surface area (Å²) >= 11 is 0. The Morgan fingerprint density at radius 2 is 0.754 bits per heavy atom. The molecule has 0 spiro atoms. The predicted molar refractivity (Wildman–Crippen MR) is 301 cm³/mol. The molecule has 0 bridgehead atoms. The van der Waals surface area contributed by atoms with Gasteiger partial charge in [0.1, 0.15) is 0 Å². The van der Waals surface area contributed by atoms with Crippen molar-refractivity contribution in [2.75, 3.05) is 13.2 Å². The van der Waals surface area contributed by atoms with Crippen molar-refractivity contribution >= 4 is 11.9 Å². The fraction of sp³-hybridized carbons (Fsp3) is 0.905. The summed E-state index contributed by atoms with van der Waals surface area (Å²) in [6.07, 6.45) is 71.8. The molecule has 0 aromatic heterocycles. The molecule has 0 aromatic carbocycles. The highest BCUT2D eigenvalue weighted by Gasteiger charge is 2.20. The molecule has 2 unspecified atom stereocenters. The monoisotopic (exact) mass is 972 g/mol. The van der Waals surface area contributed by atoms with Gasteiger partial charge in [-0.2, -0.15) is 0 Å². The van der Waals surface area contributed by atoms with Gasteiger partial charge >= 0.3 is 5.97 Å². The molecule has 0 aromatic rings. The molecule has 0 saturated carbocycles. The molecule has 0 aliphatic carbocycles. The smallest absolute Gasteiger partial charge is 0.305 e. The van der Waals surface area contributed by atoms with Crippen LogP contribution < -0.4 is 5.32 Å². The zero-order chi connectivity index (χ0) is 50.0. The van der Waals surface area contributed by atoms with Gasteiger partial charge in [0.25, 0.3) is 0 Å². The molecule has 0 radical (unpaired) electrons. The molecule has 6 heteroatoms. The second kappa shape index (κ2) is 58.9. The second-order valence-electron chi connectivity index (χ2n) is 21.4. The van der Waals surface area contributed by atoms with Crippen LogP contribution in [0.3, 0.4) is 0 Å². The number of aliphatic hydroxyl groups excluding tert-OH is 2. The molecule has 0 saturated heterocycles. The molecule has 0 heterocycles. The highest BCUT2D eigenvalue weighted by atomic mass is 16.5. The number of rotatable bonds is 58. The van der Waals surface area contributed by atoms with E-state index in [0.717, 1.165) is 57.8 Å². The van der Waals surface area contributed by atoms with Crippen molar-refractivity contribution in [2.45, 2.75) is 353 Å². The van der Waals surface area contributed by atoms with Gasteiger partial charge in [0.05, 0.1) is 25.4 Å². The molecule has 1 amide bonds. The molecule has 3 N–H and O–H groups in total. The summed E-state index contributed by atoms with van der Waals surface area (Å²) in [7, 11) is 0. The topological polar surface area (TPSA) is 95.9 Å². The van der Waals surface area contributed by atoms with Gasteiger partial charge < -0.3 is 20.3 Å².